The fourth-order valence-corrected chi connectivity index (χ4v) is 3.73. The Bertz CT molecular complexity index is 812. The van der Waals surface area contributed by atoms with Crippen LogP contribution in [0.3, 0.4) is 0 Å². The molecule has 2 aromatic rings. The van der Waals surface area contributed by atoms with Crippen LogP contribution in [-0.4, -0.2) is 37.4 Å². The van der Waals surface area contributed by atoms with Gasteiger partial charge in [0.25, 0.3) is 0 Å². The van der Waals surface area contributed by atoms with Gasteiger partial charge < -0.3 is 19.7 Å². The van der Waals surface area contributed by atoms with Crippen molar-refractivity contribution in [1.82, 2.24) is 14.5 Å². The lowest BCUT2D eigenvalue weighted by Crippen LogP contribution is -2.28. The first-order chi connectivity index (χ1) is 12.6. The SMILES string of the molecule is CCOCc1nc2c(NC(C)(C)C)nc3c(c2n1CC(C)(C)O)CCCC3. The van der Waals surface area contributed by atoms with Crippen LogP contribution >= 0.6 is 0 Å². The molecule has 0 aromatic carbocycles. The number of nitrogens with zero attached hydrogens (tertiary/aromatic N) is 3. The van der Waals surface area contributed by atoms with Crippen LogP contribution in [0, 0.1) is 0 Å². The number of rotatable bonds is 6. The minimum atomic E-state index is -0.836. The predicted molar refractivity (Wildman–Crippen MR) is 109 cm³/mol. The third-order valence-electron chi connectivity index (χ3n) is 4.72. The van der Waals surface area contributed by atoms with Gasteiger partial charge in [0.05, 0.1) is 17.7 Å². The van der Waals surface area contributed by atoms with Gasteiger partial charge in [-0.3, -0.25) is 0 Å². The van der Waals surface area contributed by atoms with E-state index in [1.807, 2.05) is 20.8 Å². The minimum Gasteiger partial charge on any atom is -0.389 e. The van der Waals surface area contributed by atoms with Crippen LogP contribution in [-0.2, 0) is 30.7 Å². The van der Waals surface area contributed by atoms with Crippen molar-refractivity contribution in [1.29, 1.82) is 0 Å². The monoisotopic (exact) mass is 374 g/mol. The Morgan fingerprint density at radius 2 is 1.81 bits per heavy atom. The number of aromatic nitrogens is 3. The number of hydrogen-bond donors (Lipinski definition) is 2. The molecule has 2 heterocycles. The molecule has 2 aromatic heterocycles. The zero-order valence-electron chi connectivity index (χ0n) is 17.6. The summed E-state index contributed by atoms with van der Waals surface area (Å²) < 4.78 is 7.84. The highest BCUT2D eigenvalue weighted by Crippen LogP contribution is 2.34. The van der Waals surface area contributed by atoms with Crippen LogP contribution in [0.4, 0.5) is 5.82 Å². The van der Waals surface area contributed by atoms with Crippen molar-refractivity contribution in [3.63, 3.8) is 0 Å². The summed E-state index contributed by atoms with van der Waals surface area (Å²) in [4.78, 5) is 9.90. The number of hydrogen-bond acceptors (Lipinski definition) is 5. The molecular formula is C21H34N4O2. The third kappa shape index (κ3) is 4.61. The molecule has 3 rings (SSSR count). The highest BCUT2D eigenvalue weighted by molar-refractivity contribution is 5.90. The second-order valence-corrected chi connectivity index (χ2v) is 9.23. The number of pyridine rings is 1. The average Bonchev–Trinajstić information content (AvgIpc) is 2.89. The fourth-order valence-electron chi connectivity index (χ4n) is 3.73. The number of nitrogens with one attached hydrogen (secondary N) is 1. The molecule has 1 aliphatic carbocycles. The van der Waals surface area contributed by atoms with Crippen LogP contribution in [0.15, 0.2) is 0 Å². The number of aliphatic hydroxyl groups is 1. The van der Waals surface area contributed by atoms with E-state index in [9.17, 15) is 5.11 Å². The van der Waals surface area contributed by atoms with Crippen LogP contribution in [0.25, 0.3) is 11.0 Å². The molecule has 0 saturated heterocycles. The Morgan fingerprint density at radius 1 is 1.11 bits per heavy atom. The summed E-state index contributed by atoms with van der Waals surface area (Å²) in [5.41, 5.74) is 3.52. The maximum absolute atomic E-state index is 10.5. The van der Waals surface area contributed by atoms with Crippen LogP contribution in [0.5, 0.6) is 0 Å². The van der Waals surface area contributed by atoms with Gasteiger partial charge in [-0.1, -0.05) is 0 Å². The molecule has 1 aliphatic rings. The van der Waals surface area contributed by atoms with Gasteiger partial charge >= 0.3 is 0 Å². The molecule has 6 nitrogen and oxygen atoms in total. The fraction of sp³-hybridized carbons (Fsp3) is 0.714. The lowest BCUT2D eigenvalue weighted by molar-refractivity contribution is 0.0581. The second kappa shape index (κ2) is 7.40. The zero-order chi connectivity index (χ0) is 19.8. The molecule has 6 heteroatoms. The van der Waals surface area contributed by atoms with Crippen molar-refractivity contribution in [2.24, 2.45) is 0 Å². The van der Waals surface area contributed by atoms with Gasteiger partial charge in [0.2, 0.25) is 0 Å². The van der Waals surface area contributed by atoms with Gasteiger partial charge in [-0.25, -0.2) is 9.97 Å². The van der Waals surface area contributed by atoms with Gasteiger partial charge in [0.15, 0.2) is 5.82 Å². The van der Waals surface area contributed by atoms with Gasteiger partial charge in [-0.15, -0.1) is 0 Å². The van der Waals surface area contributed by atoms with Crippen molar-refractivity contribution in [3.05, 3.63) is 17.1 Å². The zero-order valence-corrected chi connectivity index (χ0v) is 17.6. The predicted octanol–water partition coefficient (Wildman–Crippen LogP) is 3.83. The van der Waals surface area contributed by atoms with Crippen molar-refractivity contribution < 1.29 is 9.84 Å². The maximum atomic E-state index is 10.5. The molecule has 0 aliphatic heterocycles. The summed E-state index contributed by atoms with van der Waals surface area (Å²) >= 11 is 0. The van der Waals surface area contributed by atoms with E-state index in [-0.39, 0.29) is 5.54 Å². The van der Waals surface area contributed by atoms with E-state index in [1.54, 1.807) is 0 Å². The Balaban J connectivity index is 2.26. The van der Waals surface area contributed by atoms with E-state index in [0.29, 0.717) is 19.8 Å². The molecule has 0 bridgehead atoms. The summed E-state index contributed by atoms with van der Waals surface area (Å²) in [7, 11) is 0. The van der Waals surface area contributed by atoms with Crippen molar-refractivity contribution in [2.45, 2.75) is 91.5 Å². The molecule has 0 amide bonds. The first-order valence-corrected chi connectivity index (χ1v) is 10.1. The summed E-state index contributed by atoms with van der Waals surface area (Å²) in [6, 6.07) is 0. The highest BCUT2D eigenvalue weighted by atomic mass is 16.5. The molecule has 150 valence electrons. The van der Waals surface area contributed by atoms with Gasteiger partial charge in [-0.2, -0.15) is 0 Å². The Hall–Kier alpha value is -1.66. The van der Waals surface area contributed by atoms with Crippen LogP contribution < -0.4 is 5.32 Å². The first-order valence-electron chi connectivity index (χ1n) is 10.1. The topological polar surface area (TPSA) is 72.2 Å². The largest absolute Gasteiger partial charge is 0.389 e. The summed E-state index contributed by atoms with van der Waals surface area (Å²) in [5.74, 6) is 1.69. The summed E-state index contributed by atoms with van der Waals surface area (Å²) in [6.45, 7) is 13.6. The second-order valence-electron chi connectivity index (χ2n) is 9.23. The van der Waals surface area contributed by atoms with Crippen LogP contribution in [0.2, 0.25) is 0 Å². The van der Waals surface area contributed by atoms with Gasteiger partial charge in [0, 0.05) is 17.8 Å². The minimum absolute atomic E-state index is 0.108. The molecule has 0 radical (unpaired) electrons. The van der Waals surface area contributed by atoms with Crippen molar-refractivity contribution in [3.8, 4) is 0 Å². The molecule has 0 atom stereocenters. The number of ether oxygens (including phenoxy) is 1. The van der Waals surface area contributed by atoms with Crippen LogP contribution in [0.1, 0.15) is 71.5 Å². The Labute approximate surface area is 162 Å². The van der Waals surface area contributed by atoms with E-state index in [4.69, 9.17) is 14.7 Å². The lowest BCUT2D eigenvalue weighted by Gasteiger charge is -2.25. The highest BCUT2D eigenvalue weighted by Gasteiger charge is 2.27. The molecule has 2 N–H and O–H groups in total. The Morgan fingerprint density at radius 3 is 2.44 bits per heavy atom. The van der Waals surface area contributed by atoms with Gasteiger partial charge in [-0.05, 0) is 72.8 Å². The van der Waals surface area contributed by atoms with E-state index in [1.165, 1.54) is 24.1 Å². The molecule has 0 fully saturated rings. The third-order valence-corrected chi connectivity index (χ3v) is 4.72. The van der Waals surface area contributed by atoms with Gasteiger partial charge in [0.1, 0.15) is 17.9 Å². The summed E-state index contributed by atoms with van der Waals surface area (Å²) in [6.07, 6.45) is 4.36. The van der Waals surface area contributed by atoms with E-state index >= 15 is 0 Å². The number of anilines is 1. The number of imidazole rings is 1. The lowest BCUT2D eigenvalue weighted by atomic mass is 9.94. The Kier molecular flexibility index (Phi) is 5.50. The molecule has 27 heavy (non-hydrogen) atoms. The number of fused-ring (bicyclic) bond motifs is 3. The normalized spacial score (nSPS) is 15.2. The van der Waals surface area contributed by atoms with Crippen molar-refractivity contribution >= 4 is 16.9 Å². The maximum Gasteiger partial charge on any atom is 0.154 e. The van der Waals surface area contributed by atoms with Crippen molar-refractivity contribution in [2.75, 3.05) is 11.9 Å². The first kappa shape index (κ1) is 20.1. The standard InChI is InChI=1S/C21H34N4O2/c1-7-27-12-16-23-17-18(25(16)13-21(5,6)26)14-10-8-9-11-15(14)22-19(17)24-20(2,3)4/h26H,7-13H2,1-6H3,(H,22,24). The quantitative estimate of drug-likeness (QED) is 0.804. The van der Waals surface area contributed by atoms with E-state index < -0.39 is 5.60 Å². The van der Waals surface area contributed by atoms with E-state index in [0.717, 1.165) is 35.5 Å². The summed E-state index contributed by atoms with van der Waals surface area (Å²) in [5, 5.41) is 14.1. The molecule has 0 unspecified atom stereocenters. The molecule has 0 spiro atoms. The molecule has 0 saturated carbocycles. The average molecular weight is 375 g/mol. The van der Waals surface area contributed by atoms with E-state index in [2.05, 4.69) is 30.7 Å². The molecular weight excluding hydrogens is 340 g/mol. The smallest absolute Gasteiger partial charge is 0.154 e. The number of aryl methyl sites for hydroxylation is 2.